The summed E-state index contributed by atoms with van der Waals surface area (Å²) in [4.78, 5) is 23.0. The van der Waals surface area contributed by atoms with Crippen LogP contribution in [-0.2, 0) is 9.59 Å². The van der Waals surface area contributed by atoms with Crippen molar-refractivity contribution in [2.75, 3.05) is 14.1 Å². The third-order valence-electron chi connectivity index (χ3n) is 2.53. The first-order valence-corrected chi connectivity index (χ1v) is 4.53. The van der Waals surface area contributed by atoms with Crippen molar-refractivity contribution < 1.29 is 9.59 Å². The molecule has 4 nitrogen and oxygen atoms in total. The Kier molecular flexibility index (Phi) is 4.45. The van der Waals surface area contributed by atoms with Gasteiger partial charge in [0, 0.05) is 14.1 Å². The highest BCUT2D eigenvalue weighted by atomic mass is 16.2. The smallest absolute Gasteiger partial charge is 0.235 e. The first kappa shape index (κ1) is 11.9. The van der Waals surface area contributed by atoms with Crippen LogP contribution in [0.5, 0.6) is 0 Å². The lowest BCUT2D eigenvalue weighted by atomic mass is 9.80. The van der Waals surface area contributed by atoms with Crippen LogP contribution < -0.4 is 10.6 Å². The zero-order valence-electron chi connectivity index (χ0n) is 8.73. The van der Waals surface area contributed by atoms with Crippen LogP contribution in [0.4, 0.5) is 0 Å². The summed E-state index contributed by atoms with van der Waals surface area (Å²) in [5.41, 5.74) is -0.899. The molecule has 0 aliphatic rings. The minimum Gasteiger partial charge on any atom is -0.358 e. The van der Waals surface area contributed by atoms with E-state index >= 15 is 0 Å². The largest absolute Gasteiger partial charge is 0.358 e. The van der Waals surface area contributed by atoms with Crippen LogP contribution in [0.15, 0.2) is 0 Å². The second-order valence-corrected chi connectivity index (χ2v) is 2.95. The minimum absolute atomic E-state index is 0.211. The van der Waals surface area contributed by atoms with Crippen LogP contribution >= 0.6 is 0 Å². The summed E-state index contributed by atoms with van der Waals surface area (Å²) in [6.45, 7) is 3.68. The Morgan fingerprint density at radius 3 is 1.46 bits per heavy atom. The number of hydrogen-bond donors (Lipinski definition) is 2. The van der Waals surface area contributed by atoms with Gasteiger partial charge in [0.05, 0.1) is 0 Å². The monoisotopic (exact) mass is 186 g/mol. The zero-order valence-corrected chi connectivity index (χ0v) is 8.73. The second-order valence-electron chi connectivity index (χ2n) is 2.95. The molecular formula is C9H18N2O2. The quantitative estimate of drug-likeness (QED) is 0.620. The fraction of sp³-hybridized carbons (Fsp3) is 0.778. The van der Waals surface area contributed by atoms with E-state index < -0.39 is 5.41 Å². The van der Waals surface area contributed by atoms with Gasteiger partial charge in [-0.15, -0.1) is 0 Å². The van der Waals surface area contributed by atoms with Crippen molar-refractivity contribution in [1.82, 2.24) is 10.6 Å². The Balaban J connectivity index is 4.90. The molecule has 4 heteroatoms. The van der Waals surface area contributed by atoms with E-state index in [0.717, 1.165) is 0 Å². The fourth-order valence-electron chi connectivity index (χ4n) is 1.47. The Morgan fingerprint density at radius 1 is 1.00 bits per heavy atom. The van der Waals surface area contributed by atoms with Crippen molar-refractivity contribution in [3.05, 3.63) is 0 Å². The van der Waals surface area contributed by atoms with Crippen LogP contribution in [0.25, 0.3) is 0 Å². The lowest BCUT2D eigenvalue weighted by molar-refractivity contribution is -0.143. The first-order valence-electron chi connectivity index (χ1n) is 4.53. The Labute approximate surface area is 79.1 Å². The van der Waals surface area contributed by atoms with E-state index in [-0.39, 0.29) is 11.8 Å². The Bertz CT molecular complexity index is 180. The molecular weight excluding hydrogens is 168 g/mol. The van der Waals surface area contributed by atoms with Crippen molar-refractivity contribution in [2.24, 2.45) is 5.41 Å². The average Bonchev–Trinajstić information content (AvgIpc) is 2.19. The van der Waals surface area contributed by atoms with Gasteiger partial charge < -0.3 is 10.6 Å². The molecule has 0 saturated carbocycles. The molecule has 13 heavy (non-hydrogen) atoms. The predicted octanol–water partition coefficient (Wildman–Crippen LogP) is 0.285. The maximum Gasteiger partial charge on any atom is 0.235 e. The van der Waals surface area contributed by atoms with Gasteiger partial charge in [-0.1, -0.05) is 13.8 Å². The highest BCUT2D eigenvalue weighted by Gasteiger charge is 2.41. The van der Waals surface area contributed by atoms with Crippen LogP contribution in [0.2, 0.25) is 0 Å². The number of carbonyl (C=O) groups excluding carboxylic acids is 2. The van der Waals surface area contributed by atoms with E-state index in [0.29, 0.717) is 12.8 Å². The van der Waals surface area contributed by atoms with E-state index in [9.17, 15) is 9.59 Å². The van der Waals surface area contributed by atoms with Gasteiger partial charge >= 0.3 is 0 Å². The molecule has 0 aliphatic heterocycles. The minimum atomic E-state index is -0.899. The highest BCUT2D eigenvalue weighted by Crippen LogP contribution is 2.26. The molecule has 0 aliphatic carbocycles. The molecule has 2 N–H and O–H groups in total. The normalized spacial score (nSPS) is 10.8. The third-order valence-corrected chi connectivity index (χ3v) is 2.53. The van der Waals surface area contributed by atoms with Crippen molar-refractivity contribution in [3.8, 4) is 0 Å². The van der Waals surface area contributed by atoms with E-state index in [1.165, 1.54) is 0 Å². The molecule has 0 radical (unpaired) electrons. The molecule has 0 unspecified atom stereocenters. The lowest BCUT2D eigenvalue weighted by Crippen LogP contribution is -2.49. The van der Waals surface area contributed by atoms with E-state index in [2.05, 4.69) is 10.6 Å². The van der Waals surface area contributed by atoms with Gasteiger partial charge in [0.15, 0.2) is 0 Å². The van der Waals surface area contributed by atoms with E-state index in [1.54, 1.807) is 14.1 Å². The number of hydrogen-bond acceptors (Lipinski definition) is 2. The number of carbonyl (C=O) groups is 2. The second kappa shape index (κ2) is 4.84. The summed E-state index contributed by atoms with van der Waals surface area (Å²) in [6.07, 6.45) is 1.03. The molecule has 0 rings (SSSR count). The third kappa shape index (κ3) is 1.99. The van der Waals surface area contributed by atoms with Gasteiger partial charge in [-0.25, -0.2) is 0 Å². The molecule has 0 aromatic heterocycles. The summed E-state index contributed by atoms with van der Waals surface area (Å²) < 4.78 is 0. The zero-order chi connectivity index (χ0) is 10.5. The predicted molar refractivity (Wildman–Crippen MR) is 51.1 cm³/mol. The maximum absolute atomic E-state index is 11.5. The number of rotatable bonds is 4. The van der Waals surface area contributed by atoms with Crippen molar-refractivity contribution in [1.29, 1.82) is 0 Å². The SMILES string of the molecule is CCC(CC)(C(=O)NC)C(=O)NC. The molecule has 0 fully saturated rings. The fourth-order valence-corrected chi connectivity index (χ4v) is 1.47. The van der Waals surface area contributed by atoms with Gasteiger partial charge in [0.1, 0.15) is 5.41 Å². The van der Waals surface area contributed by atoms with Crippen LogP contribution in [0.3, 0.4) is 0 Å². The molecule has 0 heterocycles. The molecule has 2 amide bonds. The van der Waals surface area contributed by atoms with Crippen LogP contribution in [0, 0.1) is 5.41 Å². The van der Waals surface area contributed by atoms with Gasteiger partial charge in [0.25, 0.3) is 0 Å². The topological polar surface area (TPSA) is 58.2 Å². The first-order chi connectivity index (χ1) is 6.08. The molecule has 76 valence electrons. The average molecular weight is 186 g/mol. The van der Waals surface area contributed by atoms with Gasteiger partial charge in [-0.05, 0) is 12.8 Å². The molecule has 0 saturated heterocycles. The Morgan fingerprint density at radius 2 is 1.31 bits per heavy atom. The maximum atomic E-state index is 11.5. The summed E-state index contributed by atoms with van der Waals surface area (Å²) in [5, 5.41) is 5.05. The summed E-state index contributed by atoms with van der Waals surface area (Å²) in [6, 6.07) is 0. The molecule has 0 spiro atoms. The van der Waals surface area contributed by atoms with E-state index in [1.807, 2.05) is 13.8 Å². The van der Waals surface area contributed by atoms with Crippen LogP contribution in [0.1, 0.15) is 26.7 Å². The summed E-state index contributed by atoms with van der Waals surface area (Å²) in [5.74, 6) is -0.422. The lowest BCUT2D eigenvalue weighted by Gasteiger charge is -2.27. The van der Waals surface area contributed by atoms with Gasteiger partial charge in [-0.2, -0.15) is 0 Å². The number of nitrogens with one attached hydrogen (secondary N) is 2. The molecule has 0 bridgehead atoms. The van der Waals surface area contributed by atoms with Crippen LogP contribution in [-0.4, -0.2) is 25.9 Å². The van der Waals surface area contributed by atoms with Crippen molar-refractivity contribution >= 4 is 11.8 Å². The van der Waals surface area contributed by atoms with Crippen molar-refractivity contribution in [2.45, 2.75) is 26.7 Å². The van der Waals surface area contributed by atoms with Crippen molar-refractivity contribution in [3.63, 3.8) is 0 Å². The highest BCUT2D eigenvalue weighted by molar-refractivity contribution is 6.04. The van der Waals surface area contributed by atoms with Gasteiger partial charge in [0.2, 0.25) is 11.8 Å². The molecule has 0 aromatic rings. The van der Waals surface area contributed by atoms with Gasteiger partial charge in [-0.3, -0.25) is 9.59 Å². The van der Waals surface area contributed by atoms with E-state index in [4.69, 9.17) is 0 Å². The summed E-state index contributed by atoms with van der Waals surface area (Å²) in [7, 11) is 3.09. The standard InChI is InChI=1S/C9H18N2O2/c1-5-9(6-2,7(12)10-3)8(13)11-4/h5-6H2,1-4H3,(H,10,12)(H,11,13). The summed E-state index contributed by atoms with van der Waals surface area (Å²) >= 11 is 0. The molecule has 0 atom stereocenters. The Hall–Kier alpha value is -1.06. The molecule has 0 aromatic carbocycles. The number of amides is 2.